The van der Waals surface area contributed by atoms with Gasteiger partial charge in [0.25, 0.3) is 0 Å². The van der Waals surface area contributed by atoms with E-state index in [1.54, 1.807) is 18.6 Å². The second-order valence-corrected chi connectivity index (χ2v) is 4.01. The van der Waals surface area contributed by atoms with Gasteiger partial charge in [0.1, 0.15) is 5.69 Å². The van der Waals surface area contributed by atoms with Crippen LogP contribution >= 0.6 is 20.7 Å². The third kappa shape index (κ3) is 1.39. The van der Waals surface area contributed by atoms with Crippen molar-refractivity contribution >= 4 is 20.7 Å². The lowest BCUT2D eigenvalue weighted by molar-refractivity contribution is 1.19. The Morgan fingerprint density at radius 2 is 2.17 bits per heavy atom. The summed E-state index contributed by atoms with van der Waals surface area (Å²) in [6.07, 6.45) is 4.75. The molecule has 6 heteroatoms. The normalized spacial score (nSPS) is 10.0. The maximum absolute atomic E-state index is 10.7. The fraction of sp³-hybridized carbons (Fsp3) is 0. The average Bonchev–Trinajstić information content (AvgIpc) is 2.54. The van der Waals surface area contributed by atoms with Crippen LogP contribution < -0.4 is 4.87 Å². The molecule has 2 rings (SSSR count). The zero-order chi connectivity index (χ0) is 8.39. The maximum atomic E-state index is 10.7. The Morgan fingerprint density at radius 1 is 1.25 bits per heavy atom. The Labute approximate surface area is 75.0 Å². The summed E-state index contributed by atoms with van der Waals surface area (Å²) in [4.78, 5) is 22.2. The van der Waals surface area contributed by atoms with Crippen LogP contribution in [0.5, 0.6) is 0 Å². The van der Waals surface area contributed by atoms with Crippen molar-refractivity contribution in [3.63, 3.8) is 0 Å². The smallest absolute Gasteiger partial charge is 0.261 e. The molecule has 0 saturated heterocycles. The molecular formula is C6H3N3OS2. The van der Waals surface area contributed by atoms with Crippen LogP contribution in [-0.2, 0) is 0 Å². The van der Waals surface area contributed by atoms with E-state index < -0.39 is 0 Å². The lowest BCUT2D eigenvalue weighted by atomic mass is 10.5. The fourth-order valence-corrected chi connectivity index (χ4v) is 2.28. The standard InChI is InChI=1S/C6H3N3OS2/c10-6-9-5(11-12-6)4-3-7-1-2-8-4/h1-3H. The number of nitrogens with zero attached hydrogens (tertiary/aromatic N) is 3. The first-order chi connectivity index (χ1) is 5.86. The number of hydrogen-bond donors (Lipinski definition) is 0. The molecule has 0 bridgehead atoms. The van der Waals surface area contributed by atoms with Gasteiger partial charge in [-0.2, -0.15) is 4.98 Å². The van der Waals surface area contributed by atoms with Crippen molar-refractivity contribution < 1.29 is 0 Å². The molecule has 4 nitrogen and oxygen atoms in total. The van der Waals surface area contributed by atoms with Crippen LogP contribution in [0.15, 0.2) is 23.4 Å². The minimum Gasteiger partial charge on any atom is -0.261 e. The molecule has 0 N–H and O–H groups in total. The van der Waals surface area contributed by atoms with Gasteiger partial charge in [0.2, 0.25) is 0 Å². The quantitative estimate of drug-likeness (QED) is 0.640. The molecule has 2 aromatic heterocycles. The minimum atomic E-state index is -0.180. The van der Waals surface area contributed by atoms with E-state index in [0.717, 1.165) is 10.3 Å². The second kappa shape index (κ2) is 3.08. The highest BCUT2D eigenvalue weighted by molar-refractivity contribution is 7.69. The van der Waals surface area contributed by atoms with Gasteiger partial charge in [-0.25, -0.2) is 0 Å². The van der Waals surface area contributed by atoms with Gasteiger partial charge in [0.05, 0.1) is 6.20 Å². The number of rotatable bonds is 1. The second-order valence-electron chi connectivity index (χ2n) is 1.94. The molecule has 0 saturated carbocycles. The van der Waals surface area contributed by atoms with E-state index in [2.05, 4.69) is 15.0 Å². The molecule has 0 amide bonds. The number of aromatic nitrogens is 3. The average molecular weight is 197 g/mol. The Bertz CT molecular complexity index is 422. The van der Waals surface area contributed by atoms with Crippen LogP contribution in [0.1, 0.15) is 0 Å². The van der Waals surface area contributed by atoms with Gasteiger partial charge in [-0.15, -0.1) is 0 Å². The van der Waals surface area contributed by atoms with Crippen LogP contribution in [0.2, 0.25) is 0 Å². The van der Waals surface area contributed by atoms with Crippen molar-refractivity contribution in [3.8, 4) is 10.7 Å². The molecule has 0 aliphatic rings. The van der Waals surface area contributed by atoms with Gasteiger partial charge in [-0.3, -0.25) is 14.8 Å². The van der Waals surface area contributed by atoms with E-state index in [1.165, 1.54) is 10.3 Å². The Kier molecular flexibility index (Phi) is 1.92. The van der Waals surface area contributed by atoms with Crippen molar-refractivity contribution in [1.29, 1.82) is 0 Å². The molecule has 2 heterocycles. The van der Waals surface area contributed by atoms with Crippen LogP contribution in [0, 0.1) is 0 Å². The monoisotopic (exact) mass is 197 g/mol. The molecule has 0 radical (unpaired) electrons. The van der Waals surface area contributed by atoms with Gasteiger partial charge in [-0.1, -0.05) is 10.3 Å². The minimum absolute atomic E-state index is 0.180. The van der Waals surface area contributed by atoms with E-state index in [4.69, 9.17) is 0 Å². The van der Waals surface area contributed by atoms with E-state index in [9.17, 15) is 4.79 Å². The molecule has 0 fully saturated rings. The molecule has 0 aromatic carbocycles. The molecular weight excluding hydrogens is 194 g/mol. The van der Waals surface area contributed by atoms with Crippen molar-refractivity contribution in [2.45, 2.75) is 0 Å². The summed E-state index contributed by atoms with van der Waals surface area (Å²) in [5.74, 6) is 0. The lowest BCUT2D eigenvalue weighted by Crippen LogP contribution is -1.93. The highest BCUT2D eigenvalue weighted by Crippen LogP contribution is 2.18. The Hall–Kier alpha value is -1.14. The molecule has 0 unspecified atom stereocenters. The van der Waals surface area contributed by atoms with E-state index in [0.29, 0.717) is 10.7 Å². The largest absolute Gasteiger partial charge is 0.337 e. The number of hydrogen-bond acceptors (Lipinski definition) is 6. The third-order valence-electron chi connectivity index (χ3n) is 1.17. The van der Waals surface area contributed by atoms with Crippen molar-refractivity contribution in [3.05, 3.63) is 28.3 Å². The summed E-state index contributed by atoms with van der Waals surface area (Å²) >= 11 is 0. The molecule has 0 aliphatic heterocycles. The third-order valence-corrected chi connectivity index (χ3v) is 3.09. The zero-order valence-electron chi connectivity index (χ0n) is 5.80. The van der Waals surface area contributed by atoms with E-state index in [-0.39, 0.29) is 4.87 Å². The molecule has 60 valence electrons. The highest BCUT2D eigenvalue weighted by atomic mass is 32.9. The first-order valence-corrected chi connectivity index (χ1v) is 5.25. The fourth-order valence-electron chi connectivity index (χ4n) is 0.705. The van der Waals surface area contributed by atoms with E-state index >= 15 is 0 Å². The molecule has 2 aromatic rings. The van der Waals surface area contributed by atoms with Crippen LogP contribution in [0.3, 0.4) is 0 Å². The van der Waals surface area contributed by atoms with Crippen LogP contribution in [0.25, 0.3) is 10.7 Å². The van der Waals surface area contributed by atoms with Gasteiger partial charge >= 0.3 is 4.87 Å². The summed E-state index contributed by atoms with van der Waals surface area (Å²) in [6.45, 7) is 0. The molecule has 0 aliphatic carbocycles. The van der Waals surface area contributed by atoms with Crippen molar-refractivity contribution in [2.24, 2.45) is 0 Å². The predicted octanol–water partition coefficient (Wildman–Crippen LogP) is 1.02. The van der Waals surface area contributed by atoms with Gasteiger partial charge in [0, 0.05) is 12.4 Å². The molecule has 0 atom stereocenters. The summed E-state index contributed by atoms with van der Waals surface area (Å²) < 4.78 is 0. The topological polar surface area (TPSA) is 55.7 Å². The maximum Gasteiger partial charge on any atom is 0.337 e. The predicted molar refractivity (Wildman–Crippen MR) is 47.3 cm³/mol. The van der Waals surface area contributed by atoms with Crippen molar-refractivity contribution in [1.82, 2.24) is 15.0 Å². The first-order valence-electron chi connectivity index (χ1n) is 3.10. The van der Waals surface area contributed by atoms with Crippen molar-refractivity contribution in [2.75, 3.05) is 0 Å². The summed E-state index contributed by atoms with van der Waals surface area (Å²) in [5, 5.41) is 0.637. The first kappa shape index (κ1) is 7.51. The lowest BCUT2D eigenvalue weighted by Gasteiger charge is -1.89. The van der Waals surface area contributed by atoms with Gasteiger partial charge < -0.3 is 0 Å². The molecule has 0 spiro atoms. The van der Waals surface area contributed by atoms with Crippen LogP contribution in [-0.4, -0.2) is 15.0 Å². The van der Waals surface area contributed by atoms with Crippen LogP contribution in [0.4, 0.5) is 0 Å². The Morgan fingerprint density at radius 3 is 2.75 bits per heavy atom. The highest BCUT2D eigenvalue weighted by Gasteiger charge is 2.03. The Balaban J connectivity index is 2.51. The zero-order valence-corrected chi connectivity index (χ0v) is 7.43. The molecule has 12 heavy (non-hydrogen) atoms. The SMILES string of the molecule is O=c1nc(-c2cnccn2)ss1. The summed E-state index contributed by atoms with van der Waals surface area (Å²) in [6, 6.07) is 0. The van der Waals surface area contributed by atoms with Gasteiger partial charge in [-0.05, 0) is 10.3 Å². The summed E-state index contributed by atoms with van der Waals surface area (Å²) in [7, 11) is 2.42. The van der Waals surface area contributed by atoms with Gasteiger partial charge in [0.15, 0.2) is 5.01 Å². The van der Waals surface area contributed by atoms with E-state index in [1.807, 2.05) is 0 Å². The summed E-state index contributed by atoms with van der Waals surface area (Å²) in [5.41, 5.74) is 0.654.